The van der Waals surface area contributed by atoms with E-state index in [2.05, 4.69) is 31.1 Å². The van der Waals surface area contributed by atoms with Gasteiger partial charge in [-0.25, -0.2) is 4.68 Å². The van der Waals surface area contributed by atoms with E-state index in [0.717, 1.165) is 5.69 Å². The number of aliphatic hydroxyl groups excluding tert-OH is 1. The van der Waals surface area contributed by atoms with Crippen LogP contribution >= 0.6 is 0 Å². The summed E-state index contributed by atoms with van der Waals surface area (Å²) in [5.41, 5.74) is 0.813. The zero-order valence-electron chi connectivity index (χ0n) is 7.78. The lowest BCUT2D eigenvalue weighted by Gasteiger charge is -2.17. The van der Waals surface area contributed by atoms with Gasteiger partial charge in [0.05, 0.1) is 11.2 Å². The summed E-state index contributed by atoms with van der Waals surface area (Å²) < 4.78 is 1.80. The first-order valence-electron chi connectivity index (χ1n) is 4.06. The third-order valence-electron chi connectivity index (χ3n) is 1.60. The van der Waals surface area contributed by atoms with E-state index in [9.17, 15) is 0 Å². The van der Waals surface area contributed by atoms with Crippen molar-refractivity contribution >= 4 is 0 Å². The molecule has 0 amide bonds. The van der Waals surface area contributed by atoms with E-state index in [-0.39, 0.29) is 12.1 Å². The average Bonchev–Trinajstić information content (AvgIpc) is 2.35. The molecule has 0 bridgehead atoms. The van der Waals surface area contributed by atoms with Crippen LogP contribution in [0.5, 0.6) is 0 Å². The Morgan fingerprint density at radius 2 is 2.17 bits per heavy atom. The molecule has 0 aliphatic carbocycles. The monoisotopic (exact) mass is 169 g/mol. The van der Waals surface area contributed by atoms with E-state index >= 15 is 0 Å². The van der Waals surface area contributed by atoms with Crippen molar-refractivity contribution in [2.75, 3.05) is 6.61 Å². The lowest BCUT2D eigenvalue weighted by molar-refractivity contribution is 0.298. The minimum Gasteiger partial charge on any atom is -0.396 e. The number of hydrogen-bond acceptors (Lipinski definition) is 3. The van der Waals surface area contributed by atoms with Crippen LogP contribution in [0.25, 0.3) is 0 Å². The summed E-state index contributed by atoms with van der Waals surface area (Å²) in [7, 11) is 0. The molecule has 1 rings (SSSR count). The highest BCUT2D eigenvalue weighted by atomic mass is 16.3. The van der Waals surface area contributed by atoms with Gasteiger partial charge in [0.25, 0.3) is 0 Å². The Bertz CT molecular complexity index is 249. The second-order valence-electron chi connectivity index (χ2n) is 3.80. The standard InChI is InChI=1S/C8H15N3O/c1-8(2,3)11-6-7(4-5-12)9-10-11/h6,12H,4-5H2,1-3H3. The molecule has 0 spiro atoms. The summed E-state index contributed by atoms with van der Waals surface area (Å²) in [6, 6.07) is 0. The smallest absolute Gasteiger partial charge is 0.0850 e. The molecule has 0 saturated carbocycles. The van der Waals surface area contributed by atoms with Crippen LogP contribution < -0.4 is 0 Å². The van der Waals surface area contributed by atoms with E-state index in [1.165, 1.54) is 0 Å². The molecule has 0 atom stereocenters. The fraction of sp³-hybridized carbons (Fsp3) is 0.750. The van der Waals surface area contributed by atoms with Gasteiger partial charge >= 0.3 is 0 Å². The van der Waals surface area contributed by atoms with E-state index < -0.39 is 0 Å². The second kappa shape index (κ2) is 3.23. The molecule has 1 aromatic rings. The van der Waals surface area contributed by atoms with Crippen molar-refractivity contribution in [2.45, 2.75) is 32.7 Å². The highest BCUT2D eigenvalue weighted by Crippen LogP contribution is 2.11. The maximum absolute atomic E-state index is 8.65. The van der Waals surface area contributed by atoms with Gasteiger partial charge in [0.2, 0.25) is 0 Å². The van der Waals surface area contributed by atoms with Crippen molar-refractivity contribution in [1.29, 1.82) is 0 Å². The molecule has 0 unspecified atom stereocenters. The maximum Gasteiger partial charge on any atom is 0.0850 e. The molecular weight excluding hydrogens is 154 g/mol. The van der Waals surface area contributed by atoms with Crippen LogP contribution in [-0.4, -0.2) is 26.7 Å². The van der Waals surface area contributed by atoms with Gasteiger partial charge < -0.3 is 5.11 Å². The predicted octanol–water partition coefficient (Wildman–Crippen LogP) is 0.568. The maximum atomic E-state index is 8.65. The van der Waals surface area contributed by atoms with Gasteiger partial charge in [0.1, 0.15) is 0 Å². The Balaban J connectivity index is 2.77. The molecule has 1 heterocycles. The van der Waals surface area contributed by atoms with Crippen molar-refractivity contribution in [1.82, 2.24) is 15.0 Å². The molecule has 0 radical (unpaired) electrons. The molecule has 4 nitrogen and oxygen atoms in total. The van der Waals surface area contributed by atoms with Crippen molar-refractivity contribution in [2.24, 2.45) is 0 Å². The number of hydrogen-bond donors (Lipinski definition) is 1. The van der Waals surface area contributed by atoms with Gasteiger partial charge in [-0.2, -0.15) is 0 Å². The Morgan fingerprint density at radius 1 is 1.50 bits per heavy atom. The number of rotatable bonds is 2. The summed E-state index contributed by atoms with van der Waals surface area (Å²) in [6.07, 6.45) is 2.45. The van der Waals surface area contributed by atoms with E-state index in [1.54, 1.807) is 4.68 Å². The van der Waals surface area contributed by atoms with Crippen molar-refractivity contribution in [3.05, 3.63) is 11.9 Å². The molecule has 4 heteroatoms. The molecule has 1 N–H and O–H groups in total. The Kier molecular flexibility index (Phi) is 2.47. The first-order valence-corrected chi connectivity index (χ1v) is 4.06. The first-order chi connectivity index (χ1) is 5.54. The van der Waals surface area contributed by atoms with Gasteiger partial charge in [0.15, 0.2) is 0 Å². The van der Waals surface area contributed by atoms with E-state index in [1.807, 2.05) is 6.20 Å². The highest BCUT2D eigenvalue weighted by Gasteiger charge is 2.14. The summed E-state index contributed by atoms with van der Waals surface area (Å²) in [5.74, 6) is 0. The quantitative estimate of drug-likeness (QED) is 0.704. The summed E-state index contributed by atoms with van der Waals surface area (Å²) in [5, 5.41) is 16.5. The zero-order valence-corrected chi connectivity index (χ0v) is 7.78. The molecule has 0 fully saturated rings. The fourth-order valence-corrected chi connectivity index (χ4v) is 0.855. The fourth-order valence-electron chi connectivity index (χ4n) is 0.855. The van der Waals surface area contributed by atoms with Crippen molar-refractivity contribution < 1.29 is 5.11 Å². The summed E-state index contributed by atoms with van der Waals surface area (Å²) in [4.78, 5) is 0. The summed E-state index contributed by atoms with van der Waals surface area (Å²) >= 11 is 0. The average molecular weight is 169 g/mol. The van der Waals surface area contributed by atoms with Crippen molar-refractivity contribution in [3.8, 4) is 0 Å². The molecular formula is C8H15N3O. The Morgan fingerprint density at radius 3 is 2.58 bits per heavy atom. The highest BCUT2D eigenvalue weighted by molar-refractivity contribution is 4.94. The van der Waals surface area contributed by atoms with Crippen LogP contribution in [-0.2, 0) is 12.0 Å². The van der Waals surface area contributed by atoms with Crippen LogP contribution in [0.1, 0.15) is 26.5 Å². The minimum absolute atomic E-state index is 0.0271. The molecule has 0 aliphatic rings. The van der Waals surface area contributed by atoms with Gasteiger partial charge in [-0.3, -0.25) is 0 Å². The normalized spacial score (nSPS) is 12.0. The molecule has 0 saturated heterocycles. The van der Waals surface area contributed by atoms with Crippen LogP contribution in [0.2, 0.25) is 0 Å². The largest absolute Gasteiger partial charge is 0.396 e. The third kappa shape index (κ3) is 2.04. The van der Waals surface area contributed by atoms with Crippen molar-refractivity contribution in [3.63, 3.8) is 0 Å². The first kappa shape index (κ1) is 9.19. The number of nitrogens with zero attached hydrogens (tertiary/aromatic N) is 3. The molecule has 1 aromatic heterocycles. The SMILES string of the molecule is CC(C)(C)n1cc(CCO)nn1. The zero-order chi connectivity index (χ0) is 9.19. The number of aromatic nitrogens is 3. The van der Waals surface area contributed by atoms with Gasteiger partial charge in [-0.05, 0) is 20.8 Å². The second-order valence-corrected chi connectivity index (χ2v) is 3.80. The Hall–Kier alpha value is -0.900. The van der Waals surface area contributed by atoms with Crippen LogP contribution in [0.3, 0.4) is 0 Å². The van der Waals surface area contributed by atoms with E-state index in [4.69, 9.17) is 5.11 Å². The molecule has 68 valence electrons. The molecule has 0 aliphatic heterocycles. The lowest BCUT2D eigenvalue weighted by Crippen LogP contribution is -2.22. The van der Waals surface area contributed by atoms with Crippen LogP contribution in [0.4, 0.5) is 0 Å². The molecule has 12 heavy (non-hydrogen) atoms. The Labute approximate surface area is 72.2 Å². The number of aliphatic hydroxyl groups is 1. The van der Waals surface area contributed by atoms with Gasteiger partial charge in [0, 0.05) is 19.2 Å². The van der Waals surface area contributed by atoms with Crippen LogP contribution in [0, 0.1) is 0 Å². The predicted molar refractivity (Wildman–Crippen MR) is 45.8 cm³/mol. The third-order valence-corrected chi connectivity index (χ3v) is 1.60. The van der Waals surface area contributed by atoms with E-state index in [0.29, 0.717) is 6.42 Å². The van der Waals surface area contributed by atoms with Crippen LogP contribution in [0.15, 0.2) is 6.20 Å². The van der Waals surface area contributed by atoms with Gasteiger partial charge in [-0.15, -0.1) is 5.10 Å². The lowest BCUT2D eigenvalue weighted by atomic mass is 10.1. The molecule has 0 aromatic carbocycles. The summed E-state index contributed by atoms with van der Waals surface area (Å²) in [6.45, 7) is 6.31. The van der Waals surface area contributed by atoms with Gasteiger partial charge in [-0.1, -0.05) is 5.21 Å². The minimum atomic E-state index is -0.0271. The topological polar surface area (TPSA) is 50.9 Å².